The smallest absolute Gasteiger partial charge is 0.0576 e. The second kappa shape index (κ2) is 6.35. The first-order valence-electron chi connectivity index (χ1n) is 5.45. The molecule has 4 heteroatoms. The van der Waals surface area contributed by atoms with Crippen LogP contribution in [0.5, 0.6) is 0 Å². The molecule has 0 aromatic heterocycles. The summed E-state index contributed by atoms with van der Waals surface area (Å²) in [7, 11) is 4.13. The van der Waals surface area contributed by atoms with E-state index in [4.69, 9.17) is 10.6 Å². The lowest BCUT2D eigenvalue weighted by Crippen LogP contribution is -2.42. The maximum Gasteiger partial charge on any atom is 0.0576 e. The number of nitrogens with zero attached hydrogens (tertiary/aromatic N) is 1. The van der Waals surface area contributed by atoms with E-state index in [0.29, 0.717) is 12.1 Å². The van der Waals surface area contributed by atoms with Crippen molar-refractivity contribution in [3.05, 3.63) is 0 Å². The van der Waals surface area contributed by atoms with Gasteiger partial charge >= 0.3 is 0 Å². The molecule has 0 spiro atoms. The standard InChI is InChI=1S/C10H23N3O/c1-13(2)8-9(12-11)5-6-10-4-3-7-14-10/h9-10,12H,3-8,11H2,1-2H3. The second-order valence-electron chi connectivity index (χ2n) is 4.34. The Hall–Kier alpha value is -0.160. The Balaban J connectivity index is 2.12. The maximum atomic E-state index is 5.57. The van der Waals surface area contributed by atoms with Gasteiger partial charge in [0.1, 0.15) is 0 Å². The Morgan fingerprint density at radius 1 is 1.57 bits per heavy atom. The number of hydrogen-bond donors (Lipinski definition) is 2. The Kier molecular flexibility index (Phi) is 5.40. The predicted octanol–water partition coefficient (Wildman–Crippen LogP) is 0.339. The highest BCUT2D eigenvalue weighted by Crippen LogP contribution is 2.17. The van der Waals surface area contributed by atoms with Crippen LogP contribution in [0.15, 0.2) is 0 Å². The van der Waals surface area contributed by atoms with Crippen LogP contribution in [0.4, 0.5) is 0 Å². The number of likely N-dealkylation sites (N-methyl/N-ethyl adjacent to an activating group) is 1. The van der Waals surface area contributed by atoms with Crippen molar-refractivity contribution in [2.75, 3.05) is 27.2 Å². The molecule has 0 amide bonds. The summed E-state index contributed by atoms with van der Waals surface area (Å²) >= 11 is 0. The first-order chi connectivity index (χ1) is 6.72. The molecule has 0 radical (unpaired) electrons. The van der Waals surface area contributed by atoms with Crippen molar-refractivity contribution in [1.29, 1.82) is 0 Å². The maximum absolute atomic E-state index is 5.57. The van der Waals surface area contributed by atoms with Crippen LogP contribution in [0.3, 0.4) is 0 Å². The van der Waals surface area contributed by atoms with E-state index in [1.54, 1.807) is 0 Å². The monoisotopic (exact) mass is 201 g/mol. The summed E-state index contributed by atoms with van der Waals surface area (Å²) in [4.78, 5) is 2.15. The molecule has 0 aromatic carbocycles. The van der Waals surface area contributed by atoms with E-state index in [9.17, 15) is 0 Å². The van der Waals surface area contributed by atoms with Crippen LogP contribution in [0, 0.1) is 0 Å². The zero-order chi connectivity index (χ0) is 10.4. The summed E-state index contributed by atoms with van der Waals surface area (Å²) in [5.41, 5.74) is 2.86. The van der Waals surface area contributed by atoms with Gasteiger partial charge < -0.3 is 9.64 Å². The zero-order valence-corrected chi connectivity index (χ0v) is 9.33. The van der Waals surface area contributed by atoms with Crippen molar-refractivity contribution in [1.82, 2.24) is 10.3 Å². The molecule has 14 heavy (non-hydrogen) atoms. The third kappa shape index (κ3) is 4.37. The van der Waals surface area contributed by atoms with Gasteiger partial charge in [-0.25, -0.2) is 0 Å². The lowest BCUT2D eigenvalue weighted by molar-refractivity contribution is 0.0984. The van der Waals surface area contributed by atoms with Gasteiger partial charge in [0.05, 0.1) is 6.10 Å². The topological polar surface area (TPSA) is 50.5 Å². The van der Waals surface area contributed by atoms with Gasteiger partial charge in [0.25, 0.3) is 0 Å². The van der Waals surface area contributed by atoms with E-state index in [0.717, 1.165) is 26.0 Å². The fraction of sp³-hybridized carbons (Fsp3) is 1.00. The van der Waals surface area contributed by atoms with Crippen LogP contribution < -0.4 is 11.3 Å². The minimum Gasteiger partial charge on any atom is -0.378 e. The second-order valence-corrected chi connectivity index (χ2v) is 4.34. The van der Waals surface area contributed by atoms with Crippen LogP contribution in [0.2, 0.25) is 0 Å². The van der Waals surface area contributed by atoms with Crippen molar-refractivity contribution in [2.45, 2.75) is 37.8 Å². The normalized spacial score (nSPS) is 24.4. The van der Waals surface area contributed by atoms with Crippen molar-refractivity contribution >= 4 is 0 Å². The molecule has 1 saturated heterocycles. The molecule has 84 valence electrons. The van der Waals surface area contributed by atoms with Gasteiger partial charge in [-0.2, -0.15) is 0 Å². The first-order valence-corrected chi connectivity index (χ1v) is 5.45. The van der Waals surface area contributed by atoms with Crippen LogP contribution >= 0.6 is 0 Å². The summed E-state index contributed by atoms with van der Waals surface area (Å²) in [5, 5.41) is 0. The van der Waals surface area contributed by atoms with Gasteiger partial charge in [-0.1, -0.05) is 0 Å². The molecule has 1 heterocycles. The fourth-order valence-electron chi connectivity index (χ4n) is 1.93. The molecule has 0 aliphatic carbocycles. The van der Waals surface area contributed by atoms with Gasteiger partial charge in [0.2, 0.25) is 0 Å². The number of hydrazine groups is 1. The van der Waals surface area contributed by atoms with Gasteiger partial charge in [0, 0.05) is 19.2 Å². The molecule has 1 rings (SSSR count). The van der Waals surface area contributed by atoms with E-state index >= 15 is 0 Å². The summed E-state index contributed by atoms with van der Waals surface area (Å²) < 4.78 is 5.57. The molecule has 3 N–H and O–H groups in total. The van der Waals surface area contributed by atoms with Gasteiger partial charge in [-0.3, -0.25) is 11.3 Å². The number of hydrogen-bond acceptors (Lipinski definition) is 4. The Morgan fingerprint density at radius 3 is 2.86 bits per heavy atom. The summed E-state index contributed by atoms with van der Waals surface area (Å²) in [6, 6.07) is 0.384. The van der Waals surface area contributed by atoms with Crippen LogP contribution in [-0.2, 0) is 4.74 Å². The van der Waals surface area contributed by atoms with Crippen LogP contribution in [0.25, 0.3) is 0 Å². The summed E-state index contributed by atoms with van der Waals surface area (Å²) in [6.45, 7) is 1.93. The fourth-order valence-corrected chi connectivity index (χ4v) is 1.93. The third-order valence-corrected chi connectivity index (χ3v) is 2.68. The zero-order valence-electron chi connectivity index (χ0n) is 9.33. The Bertz CT molecular complexity index is 146. The minimum atomic E-state index is 0.384. The number of rotatable bonds is 6. The highest BCUT2D eigenvalue weighted by atomic mass is 16.5. The molecule has 2 unspecified atom stereocenters. The molecule has 0 aromatic rings. The van der Waals surface area contributed by atoms with E-state index in [1.807, 2.05) is 0 Å². The molecular formula is C10H23N3O. The average molecular weight is 201 g/mol. The van der Waals surface area contributed by atoms with Gasteiger partial charge in [-0.15, -0.1) is 0 Å². The predicted molar refractivity (Wildman–Crippen MR) is 57.9 cm³/mol. The van der Waals surface area contributed by atoms with Gasteiger partial charge in [-0.05, 0) is 39.8 Å². The Morgan fingerprint density at radius 2 is 2.36 bits per heavy atom. The molecule has 0 saturated carbocycles. The summed E-state index contributed by atoms with van der Waals surface area (Å²) in [6.07, 6.45) is 5.15. The minimum absolute atomic E-state index is 0.384. The molecule has 1 aliphatic heterocycles. The Labute approximate surface area is 86.8 Å². The van der Waals surface area contributed by atoms with Crippen molar-refractivity contribution < 1.29 is 4.74 Å². The van der Waals surface area contributed by atoms with Crippen molar-refractivity contribution in [3.8, 4) is 0 Å². The summed E-state index contributed by atoms with van der Waals surface area (Å²) in [5.74, 6) is 5.49. The molecule has 0 bridgehead atoms. The van der Waals surface area contributed by atoms with E-state index in [1.165, 1.54) is 12.8 Å². The SMILES string of the molecule is CN(C)CC(CCC1CCCO1)NN. The van der Waals surface area contributed by atoms with E-state index in [2.05, 4.69) is 24.4 Å². The van der Waals surface area contributed by atoms with Crippen molar-refractivity contribution in [2.24, 2.45) is 5.84 Å². The average Bonchev–Trinajstić information content (AvgIpc) is 2.64. The lowest BCUT2D eigenvalue weighted by Gasteiger charge is -2.21. The molecule has 1 aliphatic rings. The molecule has 2 atom stereocenters. The third-order valence-electron chi connectivity index (χ3n) is 2.68. The van der Waals surface area contributed by atoms with Crippen LogP contribution in [-0.4, -0.2) is 44.3 Å². The van der Waals surface area contributed by atoms with Gasteiger partial charge in [0.15, 0.2) is 0 Å². The molecular weight excluding hydrogens is 178 g/mol. The van der Waals surface area contributed by atoms with E-state index in [-0.39, 0.29) is 0 Å². The first kappa shape index (κ1) is 11.9. The highest BCUT2D eigenvalue weighted by Gasteiger charge is 2.17. The molecule has 1 fully saturated rings. The number of nitrogens with two attached hydrogens (primary N) is 1. The molecule has 4 nitrogen and oxygen atoms in total. The number of ether oxygens (including phenoxy) is 1. The van der Waals surface area contributed by atoms with Crippen LogP contribution in [0.1, 0.15) is 25.7 Å². The highest BCUT2D eigenvalue weighted by molar-refractivity contribution is 4.72. The number of nitrogens with one attached hydrogen (secondary N) is 1. The largest absolute Gasteiger partial charge is 0.378 e. The quantitative estimate of drug-likeness (QED) is 0.480. The van der Waals surface area contributed by atoms with Crippen molar-refractivity contribution in [3.63, 3.8) is 0 Å². The van der Waals surface area contributed by atoms with E-state index < -0.39 is 0 Å². The lowest BCUT2D eigenvalue weighted by atomic mass is 10.1.